The minimum Gasteiger partial charge on any atom is -0.497 e. The SMILES string of the molecule is COc1ccc2c(c1)OCC(C(=O)O)=C2.NCCCCN1CCN(c2ccc3c(c2)OCCO3)CC1. The lowest BCUT2D eigenvalue weighted by atomic mass is 10.1. The number of hydrogen-bond acceptors (Lipinski definition) is 8. The molecule has 0 spiro atoms. The number of nitrogens with two attached hydrogens (primary N) is 1. The Bertz CT molecular complexity index is 1070. The van der Waals surface area contributed by atoms with Crippen LogP contribution in [0.4, 0.5) is 5.69 Å². The number of nitrogens with zero attached hydrogens (tertiary/aromatic N) is 2. The molecule has 3 aliphatic rings. The molecule has 0 unspecified atom stereocenters. The first-order chi connectivity index (χ1) is 17.6. The second-order valence-corrected chi connectivity index (χ2v) is 8.82. The highest BCUT2D eigenvalue weighted by Gasteiger charge is 2.19. The number of carboxylic acids is 1. The Morgan fingerprint density at radius 1 is 0.972 bits per heavy atom. The third-order valence-corrected chi connectivity index (χ3v) is 6.40. The molecule has 0 atom stereocenters. The second-order valence-electron chi connectivity index (χ2n) is 8.82. The van der Waals surface area contributed by atoms with E-state index >= 15 is 0 Å². The largest absolute Gasteiger partial charge is 0.497 e. The van der Waals surface area contributed by atoms with Crippen molar-refractivity contribution in [2.24, 2.45) is 5.73 Å². The number of methoxy groups -OCH3 is 1. The van der Waals surface area contributed by atoms with Gasteiger partial charge in [-0.15, -0.1) is 0 Å². The maximum Gasteiger partial charge on any atom is 0.335 e. The summed E-state index contributed by atoms with van der Waals surface area (Å²) >= 11 is 0. The zero-order chi connectivity index (χ0) is 25.3. The Morgan fingerprint density at radius 3 is 2.47 bits per heavy atom. The van der Waals surface area contributed by atoms with Crippen LogP contribution in [0.15, 0.2) is 42.0 Å². The zero-order valence-corrected chi connectivity index (χ0v) is 20.8. The topological polar surface area (TPSA) is 107 Å². The monoisotopic (exact) mass is 497 g/mol. The van der Waals surface area contributed by atoms with Gasteiger partial charge < -0.3 is 34.7 Å². The molecule has 5 rings (SSSR count). The van der Waals surface area contributed by atoms with E-state index in [4.69, 9.17) is 29.8 Å². The van der Waals surface area contributed by atoms with Crippen LogP contribution in [-0.2, 0) is 4.79 Å². The van der Waals surface area contributed by atoms with Crippen molar-refractivity contribution in [3.05, 3.63) is 47.5 Å². The molecule has 0 radical (unpaired) electrons. The maximum absolute atomic E-state index is 10.7. The number of carbonyl (C=O) groups is 1. The van der Waals surface area contributed by atoms with Gasteiger partial charge in [-0.25, -0.2) is 4.79 Å². The summed E-state index contributed by atoms with van der Waals surface area (Å²) in [7, 11) is 1.57. The van der Waals surface area contributed by atoms with E-state index in [1.165, 1.54) is 18.7 Å². The van der Waals surface area contributed by atoms with E-state index < -0.39 is 5.97 Å². The van der Waals surface area contributed by atoms with Gasteiger partial charge in [0.1, 0.15) is 31.3 Å². The van der Waals surface area contributed by atoms with Crippen LogP contribution in [0.3, 0.4) is 0 Å². The normalized spacial score (nSPS) is 16.6. The van der Waals surface area contributed by atoms with Gasteiger partial charge in [-0.3, -0.25) is 4.90 Å². The Hall–Kier alpha value is -3.43. The number of fused-ring (bicyclic) bond motifs is 2. The molecule has 0 amide bonds. The first-order valence-electron chi connectivity index (χ1n) is 12.4. The van der Waals surface area contributed by atoms with Gasteiger partial charge in [0, 0.05) is 49.6 Å². The Morgan fingerprint density at radius 2 is 1.75 bits per heavy atom. The van der Waals surface area contributed by atoms with Gasteiger partial charge in [0.2, 0.25) is 0 Å². The fourth-order valence-electron chi connectivity index (χ4n) is 4.33. The van der Waals surface area contributed by atoms with Crippen molar-refractivity contribution in [2.75, 3.05) is 71.1 Å². The van der Waals surface area contributed by atoms with Crippen LogP contribution in [0.25, 0.3) is 6.08 Å². The average Bonchev–Trinajstić information content (AvgIpc) is 2.93. The van der Waals surface area contributed by atoms with Crippen molar-refractivity contribution in [1.82, 2.24) is 4.90 Å². The van der Waals surface area contributed by atoms with E-state index in [-0.39, 0.29) is 12.2 Å². The van der Waals surface area contributed by atoms with Crippen LogP contribution >= 0.6 is 0 Å². The third kappa shape index (κ3) is 6.61. The number of hydrogen-bond donors (Lipinski definition) is 2. The van der Waals surface area contributed by atoms with Gasteiger partial charge in [0.15, 0.2) is 11.5 Å². The molecule has 3 N–H and O–H groups in total. The van der Waals surface area contributed by atoms with Crippen molar-refractivity contribution in [3.8, 4) is 23.0 Å². The van der Waals surface area contributed by atoms with Gasteiger partial charge in [-0.05, 0) is 56.3 Å². The van der Waals surface area contributed by atoms with E-state index in [1.807, 2.05) is 6.07 Å². The standard InChI is InChI=1S/C16H25N3O2.C11H10O4/c17-5-1-2-6-18-7-9-19(10-8-18)14-3-4-15-16(13-14)21-12-11-20-15;1-14-9-3-2-7-4-8(11(12)13)6-15-10(7)5-9/h3-4,13H,1-2,5-12,17H2;2-5H,6H2,1H3,(H,12,13). The second kappa shape index (κ2) is 12.5. The number of aliphatic carboxylic acids is 1. The molecule has 0 aromatic heterocycles. The lowest BCUT2D eigenvalue weighted by molar-refractivity contribution is -0.132. The van der Waals surface area contributed by atoms with Crippen molar-refractivity contribution >= 4 is 17.7 Å². The summed E-state index contributed by atoms with van der Waals surface area (Å²) in [5, 5.41) is 8.79. The summed E-state index contributed by atoms with van der Waals surface area (Å²) in [5.74, 6) is 2.14. The molecule has 9 nitrogen and oxygen atoms in total. The Kier molecular flexibility index (Phi) is 8.91. The third-order valence-electron chi connectivity index (χ3n) is 6.40. The van der Waals surface area contributed by atoms with E-state index in [9.17, 15) is 4.79 Å². The van der Waals surface area contributed by atoms with E-state index in [0.717, 1.165) is 56.2 Å². The summed E-state index contributed by atoms with van der Waals surface area (Å²) in [4.78, 5) is 15.7. The van der Waals surface area contributed by atoms with E-state index in [1.54, 1.807) is 31.4 Å². The van der Waals surface area contributed by atoms with Gasteiger partial charge in [0.25, 0.3) is 0 Å². The molecular weight excluding hydrogens is 462 g/mol. The van der Waals surface area contributed by atoms with Crippen LogP contribution < -0.4 is 29.6 Å². The van der Waals surface area contributed by atoms with Crippen molar-refractivity contribution in [1.29, 1.82) is 0 Å². The molecule has 0 bridgehead atoms. The van der Waals surface area contributed by atoms with Crippen LogP contribution in [0, 0.1) is 0 Å². The molecule has 1 fully saturated rings. The number of carboxylic acid groups (broad SMARTS) is 1. The highest BCUT2D eigenvalue weighted by molar-refractivity contribution is 5.93. The van der Waals surface area contributed by atoms with Crippen molar-refractivity contribution in [2.45, 2.75) is 12.8 Å². The fourth-order valence-corrected chi connectivity index (χ4v) is 4.33. The summed E-state index contributed by atoms with van der Waals surface area (Å²) in [6.45, 7) is 7.75. The highest BCUT2D eigenvalue weighted by Crippen LogP contribution is 2.34. The highest BCUT2D eigenvalue weighted by atomic mass is 16.6. The smallest absolute Gasteiger partial charge is 0.335 e. The quantitative estimate of drug-likeness (QED) is 0.559. The average molecular weight is 498 g/mol. The number of anilines is 1. The lowest BCUT2D eigenvalue weighted by Crippen LogP contribution is -2.46. The minimum absolute atomic E-state index is 0.0928. The number of piperazine rings is 1. The molecule has 9 heteroatoms. The van der Waals surface area contributed by atoms with Gasteiger partial charge in [-0.1, -0.05) is 0 Å². The number of ether oxygens (including phenoxy) is 4. The fraction of sp³-hybridized carbons (Fsp3) is 0.444. The molecule has 0 saturated carbocycles. The van der Waals surface area contributed by atoms with E-state index in [2.05, 4.69) is 21.9 Å². The van der Waals surface area contributed by atoms with Crippen LogP contribution in [0.5, 0.6) is 23.0 Å². The zero-order valence-electron chi connectivity index (χ0n) is 20.8. The molecule has 2 aromatic carbocycles. The molecule has 194 valence electrons. The summed E-state index contributed by atoms with van der Waals surface area (Å²) in [6, 6.07) is 11.6. The van der Waals surface area contributed by atoms with Gasteiger partial charge in [-0.2, -0.15) is 0 Å². The molecule has 1 saturated heterocycles. The number of rotatable bonds is 7. The van der Waals surface area contributed by atoms with Crippen LogP contribution in [-0.4, -0.2) is 82.2 Å². The summed E-state index contributed by atoms with van der Waals surface area (Å²) in [5.41, 5.74) is 7.81. The molecule has 3 heterocycles. The number of benzene rings is 2. The molecule has 0 aliphatic carbocycles. The lowest BCUT2D eigenvalue weighted by Gasteiger charge is -2.36. The van der Waals surface area contributed by atoms with Gasteiger partial charge >= 0.3 is 5.97 Å². The van der Waals surface area contributed by atoms with Gasteiger partial charge in [0.05, 0.1) is 12.7 Å². The van der Waals surface area contributed by atoms with E-state index in [0.29, 0.717) is 24.7 Å². The molecular formula is C27H35N3O6. The minimum atomic E-state index is -0.948. The van der Waals surface area contributed by atoms with Crippen LogP contribution in [0.1, 0.15) is 18.4 Å². The molecule has 36 heavy (non-hydrogen) atoms. The maximum atomic E-state index is 10.7. The predicted octanol–water partition coefficient (Wildman–Crippen LogP) is 2.87. The summed E-state index contributed by atoms with van der Waals surface area (Å²) < 4.78 is 21.6. The molecule has 3 aliphatic heterocycles. The Labute approximate surface area is 212 Å². The predicted molar refractivity (Wildman–Crippen MR) is 138 cm³/mol. The molecule has 2 aromatic rings. The number of unbranched alkanes of at least 4 members (excludes halogenated alkanes) is 1. The summed E-state index contributed by atoms with van der Waals surface area (Å²) in [6.07, 6.45) is 3.95. The van der Waals surface area contributed by atoms with Crippen molar-refractivity contribution < 1.29 is 28.8 Å². The first kappa shape index (κ1) is 25.7. The van der Waals surface area contributed by atoms with Crippen molar-refractivity contribution in [3.63, 3.8) is 0 Å². The Balaban J connectivity index is 0.000000179. The van der Waals surface area contributed by atoms with Crippen LogP contribution in [0.2, 0.25) is 0 Å². The first-order valence-corrected chi connectivity index (χ1v) is 12.4.